The minimum Gasteiger partial charge on any atom is -0.452 e. The first-order valence-electron chi connectivity index (χ1n) is 6.97. The van der Waals surface area contributed by atoms with Gasteiger partial charge in [0.1, 0.15) is 5.75 Å². The van der Waals surface area contributed by atoms with Gasteiger partial charge in [-0.25, -0.2) is 4.79 Å². The van der Waals surface area contributed by atoms with Crippen molar-refractivity contribution in [1.82, 2.24) is 5.32 Å². The molecule has 1 rings (SSSR count). The molecule has 0 aliphatic carbocycles. The van der Waals surface area contributed by atoms with Crippen LogP contribution in [0.5, 0.6) is 5.75 Å². The van der Waals surface area contributed by atoms with Gasteiger partial charge in [0.2, 0.25) is 0 Å². The molecule has 24 heavy (non-hydrogen) atoms. The fourth-order valence-corrected chi connectivity index (χ4v) is 2.03. The third-order valence-electron chi connectivity index (χ3n) is 2.45. The van der Waals surface area contributed by atoms with Crippen molar-refractivity contribution >= 4 is 33.9 Å². The Kier molecular flexibility index (Phi) is 7.34. The predicted molar refractivity (Wildman–Crippen MR) is 88.7 cm³/mol. The molecule has 0 bridgehead atoms. The summed E-state index contributed by atoms with van der Waals surface area (Å²) in [5.74, 6) is -1.29. The zero-order valence-electron chi connectivity index (χ0n) is 13.4. The van der Waals surface area contributed by atoms with Crippen LogP contribution in [0.3, 0.4) is 0 Å². The van der Waals surface area contributed by atoms with Gasteiger partial charge in [-0.15, -0.1) is 0 Å². The maximum absolute atomic E-state index is 12.4. The number of carbonyl (C=O) groups excluding carboxylic acids is 2. The van der Waals surface area contributed by atoms with Crippen molar-refractivity contribution in [3.63, 3.8) is 0 Å². The van der Waals surface area contributed by atoms with Gasteiger partial charge in [0, 0.05) is 21.7 Å². The summed E-state index contributed by atoms with van der Waals surface area (Å²) in [4.78, 5) is 23.2. The van der Waals surface area contributed by atoms with Crippen LogP contribution in [0.15, 0.2) is 28.7 Å². The highest BCUT2D eigenvalue weighted by atomic mass is 79.9. The van der Waals surface area contributed by atoms with Gasteiger partial charge in [0.15, 0.2) is 6.61 Å². The van der Waals surface area contributed by atoms with E-state index < -0.39 is 30.6 Å². The summed E-state index contributed by atoms with van der Waals surface area (Å²) in [6.07, 6.45) is 2.30. The van der Waals surface area contributed by atoms with Crippen LogP contribution in [0.25, 0.3) is 6.08 Å². The minimum atomic E-state index is -2.98. The number of halogens is 3. The predicted octanol–water partition coefficient (Wildman–Crippen LogP) is 3.52. The summed E-state index contributed by atoms with van der Waals surface area (Å²) in [5.41, 5.74) is -0.169. The molecule has 1 N–H and O–H groups in total. The highest BCUT2D eigenvalue weighted by molar-refractivity contribution is 9.10. The topological polar surface area (TPSA) is 64.6 Å². The zero-order chi connectivity index (χ0) is 18.3. The Hall–Kier alpha value is -1.96. The maximum atomic E-state index is 12.4. The number of nitrogens with one attached hydrogen (secondary N) is 1. The molecule has 0 aromatic heterocycles. The number of rotatable bonds is 6. The van der Waals surface area contributed by atoms with Crippen molar-refractivity contribution in [2.75, 3.05) is 6.61 Å². The summed E-state index contributed by atoms with van der Waals surface area (Å²) < 4.78 is 34.5. The standard InChI is InChI=1S/C16H18BrF2NO4/c1-16(2,3)20-13(21)9-23-14(22)7-4-10-8-11(17)5-6-12(10)24-15(18)19/h4-8,15H,9H2,1-3H3,(H,20,21)/b7-4+. The summed E-state index contributed by atoms with van der Waals surface area (Å²) in [7, 11) is 0. The Morgan fingerprint density at radius 3 is 2.58 bits per heavy atom. The first kappa shape index (κ1) is 20.1. The highest BCUT2D eigenvalue weighted by Crippen LogP contribution is 2.26. The van der Waals surface area contributed by atoms with Crippen molar-refractivity contribution < 1.29 is 27.8 Å². The minimum absolute atomic E-state index is 0.0808. The van der Waals surface area contributed by atoms with E-state index >= 15 is 0 Å². The van der Waals surface area contributed by atoms with Crippen molar-refractivity contribution in [2.45, 2.75) is 32.9 Å². The van der Waals surface area contributed by atoms with Crippen LogP contribution in [0, 0.1) is 0 Å². The second kappa shape index (κ2) is 8.77. The normalized spacial score (nSPS) is 11.6. The van der Waals surface area contributed by atoms with E-state index in [0.717, 1.165) is 6.08 Å². The molecule has 0 aliphatic heterocycles. The first-order chi connectivity index (χ1) is 11.1. The molecule has 0 heterocycles. The Balaban J connectivity index is 2.67. The SMILES string of the molecule is CC(C)(C)NC(=O)COC(=O)/C=C/c1cc(Br)ccc1OC(F)F. The molecule has 1 aromatic rings. The Bertz CT molecular complexity index is 627. The fourth-order valence-electron chi connectivity index (χ4n) is 1.65. The van der Waals surface area contributed by atoms with Gasteiger partial charge in [-0.05, 0) is 45.0 Å². The molecule has 0 spiro atoms. The van der Waals surface area contributed by atoms with Gasteiger partial charge in [-0.1, -0.05) is 15.9 Å². The Morgan fingerprint density at radius 2 is 2.00 bits per heavy atom. The molecular formula is C16H18BrF2NO4. The Morgan fingerprint density at radius 1 is 1.33 bits per heavy atom. The van der Waals surface area contributed by atoms with E-state index in [0.29, 0.717) is 4.47 Å². The molecule has 0 saturated heterocycles. The van der Waals surface area contributed by atoms with Gasteiger partial charge in [-0.3, -0.25) is 4.79 Å². The number of esters is 1. The lowest BCUT2D eigenvalue weighted by atomic mass is 10.1. The maximum Gasteiger partial charge on any atom is 0.387 e. The van der Waals surface area contributed by atoms with Gasteiger partial charge in [0.25, 0.3) is 5.91 Å². The zero-order valence-corrected chi connectivity index (χ0v) is 15.0. The van der Waals surface area contributed by atoms with Crippen LogP contribution in [0.4, 0.5) is 8.78 Å². The van der Waals surface area contributed by atoms with Crippen LogP contribution >= 0.6 is 15.9 Å². The molecule has 5 nitrogen and oxygen atoms in total. The average molecular weight is 406 g/mol. The third-order valence-corrected chi connectivity index (χ3v) is 2.94. The van der Waals surface area contributed by atoms with Crippen LogP contribution in [-0.4, -0.2) is 30.6 Å². The molecule has 8 heteroatoms. The highest BCUT2D eigenvalue weighted by Gasteiger charge is 2.14. The van der Waals surface area contributed by atoms with Gasteiger partial charge in [-0.2, -0.15) is 8.78 Å². The molecule has 0 saturated carbocycles. The number of hydrogen-bond donors (Lipinski definition) is 1. The van der Waals surface area contributed by atoms with Crippen LogP contribution in [-0.2, 0) is 14.3 Å². The monoisotopic (exact) mass is 405 g/mol. The van der Waals surface area contributed by atoms with Crippen molar-refractivity contribution in [1.29, 1.82) is 0 Å². The molecule has 0 aliphatic rings. The molecule has 0 radical (unpaired) electrons. The lowest BCUT2D eigenvalue weighted by Crippen LogP contribution is -2.42. The van der Waals surface area contributed by atoms with E-state index in [4.69, 9.17) is 4.74 Å². The van der Waals surface area contributed by atoms with E-state index in [1.54, 1.807) is 20.8 Å². The second-order valence-electron chi connectivity index (χ2n) is 5.80. The molecule has 1 amide bonds. The quantitative estimate of drug-likeness (QED) is 0.580. The second-order valence-corrected chi connectivity index (χ2v) is 6.72. The van der Waals surface area contributed by atoms with Crippen molar-refractivity contribution in [3.8, 4) is 5.75 Å². The smallest absolute Gasteiger partial charge is 0.387 e. The van der Waals surface area contributed by atoms with E-state index in [9.17, 15) is 18.4 Å². The molecule has 0 fully saturated rings. The van der Waals surface area contributed by atoms with Gasteiger partial charge < -0.3 is 14.8 Å². The largest absolute Gasteiger partial charge is 0.452 e. The van der Waals surface area contributed by atoms with Crippen molar-refractivity contribution in [3.05, 3.63) is 34.3 Å². The number of hydrogen-bond acceptors (Lipinski definition) is 4. The molecular weight excluding hydrogens is 388 g/mol. The van der Waals surface area contributed by atoms with Crippen LogP contribution in [0.2, 0.25) is 0 Å². The van der Waals surface area contributed by atoms with E-state index in [1.807, 2.05) is 0 Å². The van der Waals surface area contributed by atoms with Crippen LogP contribution in [0.1, 0.15) is 26.3 Å². The summed E-state index contributed by atoms with van der Waals surface area (Å²) in [6.45, 7) is 1.98. The Labute approximate surface area is 147 Å². The van der Waals surface area contributed by atoms with Gasteiger partial charge >= 0.3 is 12.6 Å². The van der Waals surface area contributed by atoms with E-state index in [2.05, 4.69) is 26.0 Å². The number of carbonyl (C=O) groups is 2. The lowest BCUT2D eigenvalue weighted by molar-refractivity contribution is -0.144. The molecule has 1 aromatic carbocycles. The number of alkyl halides is 2. The summed E-state index contributed by atoms with van der Waals surface area (Å²) in [5, 5.41) is 2.64. The molecule has 0 atom stereocenters. The van der Waals surface area contributed by atoms with E-state index in [-0.39, 0.29) is 11.3 Å². The lowest BCUT2D eigenvalue weighted by Gasteiger charge is -2.20. The molecule has 0 unspecified atom stereocenters. The summed E-state index contributed by atoms with van der Waals surface area (Å²) >= 11 is 3.20. The van der Waals surface area contributed by atoms with Crippen molar-refractivity contribution in [2.24, 2.45) is 0 Å². The van der Waals surface area contributed by atoms with Crippen LogP contribution < -0.4 is 10.1 Å². The fraction of sp³-hybridized carbons (Fsp3) is 0.375. The van der Waals surface area contributed by atoms with Gasteiger partial charge in [0.05, 0.1) is 0 Å². The third kappa shape index (κ3) is 8.05. The molecule has 132 valence electrons. The average Bonchev–Trinajstić information content (AvgIpc) is 2.43. The first-order valence-corrected chi connectivity index (χ1v) is 7.76. The number of benzene rings is 1. The number of amides is 1. The van der Waals surface area contributed by atoms with E-state index in [1.165, 1.54) is 24.3 Å². The number of ether oxygens (including phenoxy) is 2. The summed E-state index contributed by atoms with van der Waals surface area (Å²) in [6, 6.07) is 4.38.